The summed E-state index contributed by atoms with van der Waals surface area (Å²) >= 11 is 0. The monoisotopic (exact) mass is 383 g/mol. The topological polar surface area (TPSA) is 74.3 Å². The molecule has 2 atom stereocenters. The third-order valence-corrected chi connectivity index (χ3v) is 5.52. The summed E-state index contributed by atoms with van der Waals surface area (Å²) in [5.74, 6) is -0.953. The van der Waals surface area contributed by atoms with E-state index in [1.54, 1.807) is 11.8 Å². The number of nitrogens with zero attached hydrogens (tertiary/aromatic N) is 1. The number of hydrogen-bond acceptors (Lipinski definition) is 6. The summed E-state index contributed by atoms with van der Waals surface area (Å²) in [6.45, 7) is 16.3. The molecule has 0 N–H and O–H groups in total. The SMILES string of the molecule is CCOC(=O)[C@H]1CCN(C(=O)OC(C)(C)C)C[C@@H]1B1OC(C)(C)C(C)(C)O1. The standard InChI is InChI=1S/C19H34BNO6/c1-9-24-15(22)13-10-11-21(16(23)25-17(2,3)4)12-14(13)20-26-18(5,6)19(7,8)27-20/h13-14H,9-12H2,1-8H3/t13-,14-/m0/s1. The van der Waals surface area contributed by atoms with Gasteiger partial charge in [0.15, 0.2) is 0 Å². The van der Waals surface area contributed by atoms with E-state index in [1.165, 1.54) is 0 Å². The minimum Gasteiger partial charge on any atom is -0.466 e. The van der Waals surface area contributed by atoms with E-state index in [0.29, 0.717) is 26.1 Å². The maximum atomic E-state index is 12.5. The van der Waals surface area contributed by atoms with Gasteiger partial charge in [-0.1, -0.05) is 0 Å². The number of likely N-dealkylation sites (tertiary alicyclic amines) is 1. The van der Waals surface area contributed by atoms with Gasteiger partial charge in [-0.3, -0.25) is 4.79 Å². The second-order valence-electron chi connectivity index (χ2n) is 9.36. The highest BCUT2D eigenvalue weighted by molar-refractivity contribution is 6.48. The van der Waals surface area contributed by atoms with Gasteiger partial charge in [-0.05, 0) is 61.8 Å². The third kappa shape index (κ3) is 4.96. The lowest BCUT2D eigenvalue weighted by molar-refractivity contribution is -0.149. The van der Waals surface area contributed by atoms with Crippen LogP contribution in [0.25, 0.3) is 0 Å². The molecule has 0 aliphatic carbocycles. The van der Waals surface area contributed by atoms with E-state index in [2.05, 4.69) is 0 Å². The van der Waals surface area contributed by atoms with E-state index in [9.17, 15) is 9.59 Å². The van der Waals surface area contributed by atoms with E-state index in [4.69, 9.17) is 18.8 Å². The number of piperidine rings is 1. The zero-order valence-electron chi connectivity index (χ0n) is 18.0. The van der Waals surface area contributed by atoms with Gasteiger partial charge in [0.25, 0.3) is 0 Å². The molecule has 0 aromatic heterocycles. The lowest BCUT2D eigenvalue weighted by Gasteiger charge is -2.38. The van der Waals surface area contributed by atoms with Gasteiger partial charge < -0.3 is 23.7 Å². The smallest absolute Gasteiger partial charge is 0.463 e. The maximum absolute atomic E-state index is 12.5. The van der Waals surface area contributed by atoms with Crippen LogP contribution < -0.4 is 0 Å². The van der Waals surface area contributed by atoms with Crippen LogP contribution in [0.4, 0.5) is 4.79 Å². The van der Waals surface area contributed by atoms with Gasteiger partial charge in [-0.15, -0.1) is 0 Å². The molecule has 27 heavy (non-hydrogen) atoms. The Hall–Kier alpha value is -1.28. The lowest BCUT2D eigenvalue weighted by atomic mass is 9.62. The van der Waals surface area contributed by atoms with Crippen LogP contribution in [0.5, 0.6) is 0 Å². The van der Waals surface area contributed by atoms with E-state index >= 15 is 0 Å². The fraction of sp³-hybridized carbons (Fsp3) is 0.895. The minimum absolute atomic E-state index is 0.263. The molecule has 2 saturated heterocycles. The zero-order chi connectivity index (χ0) is 20.6. The molecule has 0 aromatic carbocycles. The number of esters is 1. The maximum Gasteiger partial charge on any atom is 0.463 e. The fourth-order valence-electron chi connectivity index (χ4n) is 3.36. The summed E-state index contributed by atoms with van der Waals surface area (Å²) in [5, 5.41) is 0. The van der Waals surface area contributed by atoms with Gasteiger partial charge >= 0.3 is 19.2 Å². The molecule has 2 rings (SSSR count). The summed E-state index contributed by atoms with van der Waals surface area (Å²) < 4.78 is 23.1. The van der Waals surface area contributed by atoms with Crippen LogP contribution in [0.15, 0.2) is 0 Å². The molecule has 7 nitrogen and oxygen atoms in total. The molecule has 0 spiro atoms. The highest BCUT2D eigenvalue weighted by atomic mass is 16.7. The van der Waals surface area contributed by atoms with Crippen molar-refractivity contribution in [1.82, 2.24) is 4.90 Å². The Morgan fingerprint density at radius 3 is 2.19 bits per heavy atom. The van der Waals surface area contributed by atoms with Crippen LogP contribution in [-0.4, -0.2) is 60.6 Å². The molecular weight excluding hydrogens is 349 g/mol. The molecule has 2 fully saturated rings. The Morgan fingerprint density at radius 1 is 1.15 bits per heavy atom. The first-order chi connectivity index (χ1) is 12.3. The fourth-order valence-corrected chi connectivity index (χ4v) is 3.36. The summed E-state index contributed by atoms with van der Waals surface area (Å²) in [6, 6.07) is 0. The van der Waals surface area contributed by atoms with E-state index in [-0.39, 0.29) is 23.8 Å². The van der Waals surface area contributed by atoms with Crippen LogP contribution in [0.3, 0.4) is 0 Å². The van der Waals surface area contributed by atoms with Crippen molar-refractivity contribution in [2.24, 2.45) is 5.92 Å². The van der Waals surface area contributed by atoms with Crippen molar-refractivity contribution >= 4 is 19.2 Å². The Labute approximate surface area is 163 Å². The molecule has 1 amide bonds. The quantitative estimate of drug-likeness (QED) is 0.550. The van der Waals surface area contributed by atoms with Crippen molar-refractivity contribution in [3.05, 3.63) is 0 Å². The van der Waals surface area contributed by atoms with Gasteiger partial charge in [-0.2, -0.15) is 0 Å². The van der Waals surface area contributed by atoms with Gasteiger partial charge in [0.05, 0.1) is 23.7 Å². The Kier molecular flexibility index (Phi) is 6.22. The van der Waals surface area contributed by atoms with E-state index in [1.807, 2.05) is 48.5 Å². The number of rotatable bonds is 3. The normalized spacial score (nSPS) is 27.4. The highest BCUT2D eigenvalue weighted by Gasteiger charge is 2.57. The summed E-state index contributed by atoms with van der Waals surface area (Å²) in [4.78, 5) is 26.7. The molecule has 2 aliphatic heterocycles. The number of amides is 1. The molecule has 0 unspecified atom stereocenters. The van der Waals surface area contributed by atoms with E-state index in [0.717, 1.165) is 0 Å². The molecular formula is C19H34BNO6. The van der Waals surface area contributed by atoms with Gasteiger partial charge in [0.1, 0.15) is 5.60 Å². The van der Waals surface area contributed by atoms with Crippen molar-refractivity contribution in [1.29, 1.82) is 0 Å². The second kappa shape index (κ2) is 7.62. The number of carbonyl (C=O) groups excluding carboxylic acids is 2. The van der Waals surface area contributed by atoms with Crippen molar-refractivity contribution in [3.8, 4) is 0 Å². The number of hydrogen-bond donors (Lipinski definition) is 0. The molecule has 154 valence electrons. The zero-order valence-corrected chi connectivity index (χ0v) is 18.0. The van der Waals surface area contributed by atoms with Gasteiger partial charge in [0.2, 0.25) is 0 Å². The Morgan fingerprint density at radius 2 is 1.70 bits per heavy atom. The van der Waals surface area contributed by atoms with Crippen LogP contribution >= 0.6 is 0 Å². The van der Waals surface area contributed by atoms with Crippen LogP contribution in [0.2, 0.25) is 5.82 Å². The number of carbonyl (C=O) groups is 2. The molecule has 0 radical (unpaired) electrons. The van der Waals surface area contributed by atoms with Gasteiger partial charge in [0, 0.05) is 18.9 Å². The van der Waals surface area contributed by atoms with Crippen LogP contribution in [-0.2, 0) is 23.6 Å². The summed E-state index contributed by atoms with van der Waals surface area (Å²) in [7, 11) is -0.588. The minimum atomic E-state index is -0.588. The van der Waals surface area contributed by atoms with Crippen molar-refractivity contribution < 1.29 is 28.4 Å². The molecule has 0 saturated carbocycles. The average molecular weight is 383 g/mol. The van der Waals surface area contributed by atoms with E-state index < -0.39 is 23.9 Å². The molecule has 0 bridgehead atoms. The third-order valence-electron chi connectivity index (χ3n) is 5.52. The first-order valence-corrected chi connectivity index (χ1v) is 9.77. The molecule has 2 heterocycles. The summed E-state index contributed by atoms with van der Waals surface area (Å²) in [6.07, 6.45) is 0.110. The molecule has 8 heteroatoms. The Bertz CT molecular complexity index is 555. The predicted molar refractivity (Wildman–Crippen MR) is 102 cm³/mol. The lowest BCUT2D eigenvalue weighted by Crippen LogP contribution is -2.50. The largest absolute Gasteiger partial charge is 0.466 e. The molecule has 2 aliphatic rings. The van der Waals surface area contributed by atoms with Crippen LogP contribution in [0, 0.1) is 5.92 Å². The first-order valence-electron chi connectivity index (χ1n) is 9.77. The van der Waals surface area contributed by atoms with Crippen molar-refractivity contribution in [2.45, 2.75) is 84.4 Å². The molecule has 0 aromatic rings. The first kappa shape index (κ1) is 22.0. The predicted octanol–water partition coefficient (Wildman–Crippen LogP) is 3.27. The second-order valence-corrected chi connectivity index (χ2v) is 9.36. The highest BCUT2D eigenvalue weighted by Crippen LogP contribution is 2.44. The van der Waals surface area contributed by atoms with Crippen molar-refractivity contribution in [2.75, 3.05) is 19.7 Å². The number of ether oxygens (including phenoxy) is 2. The average Bonchev–Trinajstić information content (AvgIpc) is 2.73. The van der Waals surface area contributed by atoms with Gasteiger partial charge in [-0.25, -0.2) is 4.79 Å². The Balaban J connectivity index is 2.21. The summed E-state index contributed by atoms with van der Waals surface area (Å²) in [5.41, 5.74) is -1.59. The van der Waals surface area contributed by atoms with Crippen molar-refractivity contribution in [3.63, 3.8) is 0 Å². The van der Waals surface area contributed by atoms with Crippen LogP contribution in [0.1, 0.15) is 61.8 Å².